The van der Waals surface area contributed by atoms with Crippen LogP contribution in [0.5, 0.6) is 5.75 Å². The smallest absolute Gasteiger partial charge is 0.191 e. The van der Waals surface area contributed by atoms with Gasteiger partial charge in [0, 0.05) is 25.8 Å². The van der Waals surface area contributed by atoms with Gasteiger partial charge in [0.25, 0.3) is 0 Å². The van der Waals surface area contributed by atoms with Gasteiger partial charge in [0.15, 0.2) is 5.96 Å². The average Bonchev–Trinajstić information content (AvgIpc) is 3.07. The lowest BCUT2D eigenvalue weighted by Crippen LogP contribution is -2.38. The van der Waals surface area contributed by atoms with Crippen molar-refractivity contribution in [1.82, 2.24) is 20.4 Å². The highest BCUT2D eigenvalue weighted by Crippen LogP contribution is 2.20. The zero-order valence-electron chi connectivity index (χ0n) is 17.4. The fraction of sp³-hybridized carbons (Fsp3) is 0.524. The van der Waals surface area contributed by atoms with Gasteiger partial charge in [-0.25, -0.2) is 0 Å². The van der Waals surface area contributed by atoms with Crippen LogP contribution in [0.3, 0.4) is 0 Å². The molecule has 1 unspecified atom stereocenters. The summed E-state index contributed by atoms with van der Waals surface area (Å²) in [7, 11) is 0. The van der Waals surface area contributed by atoms with Crippen LogP contribution in [-0.2, 0) is 6.54 Å². The van der Waals surface area contributed by atoms with Gasteiger partial charge in [-0.3, -0.25) is 9.67 Å². The molecule has 1 atom stereocenters. The van der Waals surface area contributed by atoms with Crippen LogP contribution in [0, 0.1) is 6.92 Å². The Kier molecular flexibility index (Phi) is 8.81. The largest absolute Gasteiger partial charge is 0.491 e. The first-order valence-corrected chi connectivity index (χ1v) is 9.94. The van der Waals surface area contributed by atoms with Crippen molar-refractivity contribution < 1.29 is 9.84 Å². The minimum Gasteiger partial charge on any atom is -0.491 e. The summed E-state index contributed by atoms with van der Waals surface area (Å²) in [5.41, 5.74) is 1.96. The van der Waals surface area contributed by atoms with E-state index in [2.05, 4.69) is 20.7 Å². The third kappa shape index (κ3) is 7.60. The summed E-state index contributed by atoms with van der Waals surface area (Å²) in [5, 5.41) is 21.3. The van der Waals surface area contributed by atoms with E-state index in [1.807, 2.05) is 69.0 Å². The number of hydrogen-bond donors (Lipinski definition) is 3. The standard InChI is InChI=1S/C21H33N5O2/c1-5-22-21(23-10-7-11-26-15-17(4)13-25-26)24-14-20(27)18-8-6-9-19(12-18)28-16(2)3/h6,8-9,12-13,15-16,20,27H,5,7,10-11,14H2,1-4H3,(H2,22,23,24). The van der Waals surface area contributed by atoms with Crippen LogP contribution in [0.4, 0.5) is 0 Å². The zero-order valence-corrected chi connectivity index (χ0v) is 17.4. The second-order valence-electron chi connectivity index (χ2n) is 7.04. The van der Waals surface area contributed by atoms with Crippen LogP contribution >= 0.6 is 0 Å². The average molecular weight is 388 g/mol. The predicted molar refractivity (Wildman–Crippen MR) is 113 cm³/mol. The van der Waals surface area contributed by atoms with E-state index in [1.54, 1.807) is 0 Å². The maximum atomic E-state index is 10.5. The number of aromatic nitrogens is 2. The Bertz CT molecular complexity index is 742. The molecule has 0 saturated carbocycles. The summed E-state index contributed by atoms with van der Waals surface area (Å²) in [5.74, 6) is 1.46. The lowest BCUT2D eigenvalue weighted by Gasteiger charge is -2.15. The van der Waals surface area contributed by atoms with E-state index in [4.69, 9.17) is 4.74 Å². The molecule has 1 heterocycles. The van der Waals surface area contributed by atoms with Gasteiger partial charge in [-0.05, 0) is 57.4 Å². The highest BCUT2D eigenvalue weighted by molar-refractivity contribution is 5.79. The topological polar surface area (TPSA) is 83.7 Å². The van der Waals surface area contributed by atoms with Crippen LogP contribution in [0.1, 0.15) is 44.4 Å². The Morgan fingerprint density at radius 3 is 2.82 bits per heavy atom. The zero-order chi connectivity index (χ0) is 20.4. The third-order valence-corrected chi connectivity index (χ3v) is 4.00. The second kappa shape index (κ2) is 11.3. The molecular formula is C21H33N5O2. The molecule has 1 aromatic heterocycles. The van der Waals surface area contributed by atoms with Gasteiger partial charge in [-0.1, -0.05) is 12.1 Å². The number of ether oxygens (including phenoxy) is 1. The van der Waals surface area contributed by atoms with Crippen molar-refractivity contribution >= 4 is 5.96 Å². The number of rotatable bonds is 10. The summed E-state index contributed by atoms with van der Waals surface area (Å²) in [6, 6.07) is 7.54. The molecule has 0 radical (unpaired) electrons. The van der Waals surface area contributed by atoms with Crippen molar-refractivity contribution in [2.75, 3.05) is 19.6 Å². The molecule has 154 valence electrons. The highest BCUT2D eigenvalue weighted by atomic mass is 16.5. The van der Waals surface area contributed by atoms with E-state index >= 15 is 0 Å². The number of aliphatic imine (C=N–C) groups is 1. The summed E-state index contributed by atoms with van der Waals surface area (Å²) in [6.45, 7) is 10.7. The van der Waals surface area contributed by atoms with Gasteiger partial charge in [-0.15, -0.1) is 0 Å². The maximum absolute atomic E-state index is 10.5. The van der Waals surface area contributed by atoms with E-state index in [9.17, 15) is 5.11 Å². The number of guanidine groups is 1. The Morgan fingerprint density at radius 1 is 1.32 bits per heavy atom. The first-order valence-electron chi connectivity index (χ1n) is 9.94. The normalized spacial score (nSPS) is 12.9. The summed E-state index contributed by atoms with van der Waals surface area (Å²) in [6.07, 6.45) is 4.25. The molecule has 2 aromatic rings. The highest BCUT2D eigenvalue weighted by Gasteiger charge is 2.09. The molecule has 7 nitrogen and oxygen atoms in total. The Labute approximate surface area is 167 Å². The van der Waals surface area contributed by atoms with Crippen molar-refractivity contribution in [2.24, 2.45) is 4.99 Å². The molecule has 7 heteroatoms. The number of hydrogen-bond acceptors (Lipinski definition) is 4. The van der Waals surface area contributed by atoms with Crippen LogP contribution < -0.4 is 15.4 Å². The van der Waals surface area contributed by atoms with E-state index in [-0.39, 0.29) is 12.6 Å². The molecule has 0 bridgehead atoms. The van der Waals surface area contributed by atoms with Gasteiger partial charge >= 0.3 is 0 Å². The molecule has 3 N–H and O–H groups in total. The molecule has 0 aliphatic heterocycles. The fourth-order valence-electron chi connectivity index (χ4n) is 2.73. The molecule has 0 amide bonds. The predicted octanol–water partition coefficient (Wildman–Crippen LogP) is 2.66. The number of aryl methyl sites for hydroxylation is 2. The van der Waals surface area contributed by atoms with E-state index in [0.717, 1.165) is 37.4 Å². The van der Waals surface area contributed by atoms with E-state index in [0.29, 0.717) is 5.96 Å². The number of aliphatic hydroxyl groups is 1. The first kappa shape index (κ1) is 21.8. The van der Waals surface area contributed by atoms with Gasteiger partial charge < -0.3 is 20.5 Å². The maximum Gasteiger partial charge on any atom is 0.191 e. The summed E-state index contributed by atoms with van der Waals surface area (Å²) < 4.78 is 7.64. The number of benzene rings is 1. The van der Waals surface area contributed by atoms with Gasteiger partial charge in [-0.2, -0.15) is 5.10 Å². The fourth-order valence-corrected chi connectivity index (χ4v) is 2.73. The monoisotopic (exact) mass is 387 g/mol. The van der Waals surface area contributed by atoms with Gasteiger partial charge in [0.1, 0.15) is 5.75 Å². The van der Waals surface area contributed by atoms with Gasteiger partial charge in [0.05, 0.1) is 24.9 Å². The van der Waals surface area contributed by atoms with Crippen molar-refractivity contribution in [2.45, 2.75) is 52.9 Å². The lowest BCUT2D eigenvalue weighted by molar-refractivity contribution is 0.185. The third-order valence-electron chi connectivity index (χ3n) is 4.00. The van der Waals surface area contributed by atoms with Crippen molar-refractivity contribution in [3.05, 3.63) is 47.8 Å². The van der Waals surface area contributed by atoms with E-state index < -0.39 is 6.10 Å². The molecule has 0 aliphatic carbocycles. The van der Waals surface area contributed by atoms with Crippen molar-refractivity contribution in [3.8, 4) is 5.75 Å². The van der Waals surface area contributed by atoms with Crippen molar-refractivity contribution in [3.63, 3.8) is 0 Å². The second-order valence-corrected chi connectivity index (χ2v) is 7.04. The molecule has 1 aromatic carbocycles. The van der Waals surface area contributed by atoms with Crippen LogP contribution in [-0.4, -0.2) is 46.6 Å². The molecule has 0 aliphatic rings. The first-order chi connectivity index (χ1) is 13.5. The molecule has 0 saturated heterocycles. The summed E-state index contributed by atoms with van der Waals surface area (Å²) >= 11 is 0. The minimum absolute atomic E-state index is 0.0978. The Balaban J connectivity index is 1.84. The van der Waals surface area contributed by atoms with Crippen molar-refractivity contribution in [1.29, 1.82) is 0 Å². The van der Waals surface area contributed by atoms with Crippen LogP contribution in [0.2, 0.25) is 0 Å². The number of nitrogens with one attached hydrogen (secondary N) is 2. The minimum atomic E-state index is -0.682. The molecule has 0 spiro atoms. The molecule has 0 fully saturated rings. The molecule has 2 rings (SSSR count). The van der Waals surface area contributed by atoms with Crippen LogP contribution in [0.25, 0.3) is 0 Å². The number of aliphatic hydroxyl groups excluding tert-OH is 1. The lowest BCUT2D eigenvalue weighted by atomic mass is 10.1. The SMILES string of the molecule is CCNC(=NCC(O)c1cccc(OC(C)C)c1)NCCCn1cc(C)cn1. The van der Waals surface area contributed by atoms with Crippen LogP contribution in [0.15, 0.2) is 41.7 Å². The molecule has 28 heavy (non-hydrogen) atoms. The summed E-state index contributed by atoms with van der Waals surface area (Å²) in [4.78, 5) is 4.51. The Hall–Kier alpha value is -2.54. The van der Waals surface area contributed by atoms with E-state index in [1.165, 1.54) is 5.56 Å². The number of nitrogens with zero attached hydrogens (tertiary/aromatic N) is 3. The molecular weight excluding hydrogens is 354 g/mol. The van der Waals surface area contributed by atoms with Gasteiger partial charge in [0.2, 0.25) is 0 Å². The Morgan fingerprint density at radius 2 is 2.14 bits per heavy atom. The quantitative estimate of drug-likeness (QED) is 0.332.